The van der Waals surface area contributed by atoms with Crippen LogP contribution in [0.1, 0.15) is 6.92 Å². The van der Waals surface area contributed by atoms with Crippen molar-refractivity contribution < 1.29 is 22.7 Å². The van der Waals surface area contributed by atoms with Gasteiger partial charge in [0.25, 0.3) is 15.9 Å². The van der Waals surface area contributed by atoms with Crippen LogP contribution in [0.25, 0.3) is 0 Å². The Kier molecular flexibility index (Phi) is 8.24. The topological polar surface area (TPSA) is 84.9 Å². The summed E-state index contributed by atoms with van der Waals surface area (Å²) in [5, 5.41) is 2.79. The molecule has 0 spiro atoms. The van der Waals surface area contributed by atoms with E-state index in [2.05, 4.69) is 5.32 Å². The minimum atomic E-state index is -3.73. The molecule has 0 unspecified atom stereocenters. The zero-order valence-electron chi connectivity index (χ0n) is 18.6. The van der Waals surface area contributed by atoms with E-state index in [1.807, 2.05) is 37.4 Å². The summed E-state index contributed by atoms with van der Waals surface area (Å²) in [4.78, 5) is 13.4. The number of sulfonamides is 1. The predicted molar refractivity (Wildman–Crippen MR) is 132 cm³/mol. The van der Waals surface area contributed by atoms with Crippen molar-refractivity contribution in [3.05, 3.63) is 72.8 Å². The van der Waals surface area contributed by atoms with Gasteiger partial charge >= 0.3 is 0 Å². The van der Waals surface area contributed by atoms with E-state index in [1.165, 1.54) is 23.5 Å². The van der Waals surface area contributed by atoms with Gasteiger partial charge < -0.3 is 14.8 Å². The van der Waals surface area contributed by atoms with Gasteiger partial charge in [0.05, 0.1) is 17.2 Å². The van der Waals surface area contributed by atoms with Gasteiger partial charge in [0.2, 0.25) is 0 Å². The van der Waals surface area contributed by atoms with Gasteiger partial charge in [0.1, 0.15) is 11.5 Å². The normalized spacial score (nSPS) is 11.0. The Morgan fingerprint density at radius 2 is 1.61 bits per heavy atom. The monoisotopic (exact) mass is 486 g/mol. The van der Waals surface area contributed by atoms with Gasteiger partial charge in [-0.15, -0.1) is 11.8 Å². The second-order valence-electron chi connectivity index (χ2n) is 6.94. The van der Waals surface area contributed by atoms with Crippen molar-refractivity contribution in [3.63, 3.8) is 0 Å². The molecule has 0 heterocycles. The summed E-state index contributed by atoms with van der Waals surface area (Å²) in [5.41, 5.74) is 1.17. The van der Waals surface area contributed by atoms with Gasteiger partial charge in [-0.1, -0.05) is 6.07 Å². The Hall–Kier alpha value is -3.17. The molecule has 0 saturated carbocycles. The van der Waals surface area contributed by atoms with Crippen molar-refractivity contribution in [2.75, 3.05) is 36.1 Å². The first kappa shape index (κ1) is 24.5. The Morgan fingerprint density at radius 3 is 2.24 bits per heavy atom. The van der Waals surface area contributed by atoms with Crippen LogP contribution in [0.4, 0.5) is 11.4 Å². The summed E-state index contributed by atoms with van der Waals surface area (Å²) in [6, 6.07) is 20.3. The zero-order valence-corrected chi connectivity index (χ0v) is 20.3. The lowest BCUT2D eigenvalue weighted by Gasteiger charge is -2.20. The van der Waals surface area contributed by atoms with Crippen LogP contribution in [0.5, 0.6) is 11.5 Å². The first-order valence-electron chi connectivity index (χ1n) is 10.2. The highest BCUT2D eigenvalue weighted by Gasteiger charge is 2.21. The molecule has 0 radical (unpaired) electrons. The number of thioether (sulfide) groups is 1. The van der Waals surface area contributed by atoms with Crippen molar-refractivity contribution >= 4 is 39.1 Å². The van der Waals surface area contributed by atoms with E-state index in [0.717, 1.165) is 4.90 Å². The van der Waals surface area contributed by atoms with E-state index in [-0.39, 0.29) is 17.4 Å². The molecule has 0 atom stereocenters. The van der Waals surface area contributed by atoms with Crippen LogP contribution in [0.3, 0.4) is 0 Å². The van der Waals surface area contributed by atoms with Crippen LogP contribution in [0.15, 0.2) is 82.6 Å². The standard InChI is InChI=1S/C24H26N2O5S2/c1-4-30-20-12-14-23(15-13-20)33(28,29)26(2)19-8-10-21(11-9-19)31-17-24(27)25-18-6-5-7-22(16-18)32-3/h5-16H,4,17H2,1-3H3,(H,25,27). The fourth-order valence-electron chi connectivity index (χ4n) is 2.97. The lowest BCUT2D eigenvalue weighted by Crippen LogP contribution is -2.26. The smallest absolute Gasteiger partial charge is 0.264 e. The highest BCUT2D eigenvalue weighted by Crippen LogP contribution is 2.26. The van der Waals surface area contributed by atoms with Gasteiger partial charge in [-0.2, -0.15) is 0 Å². The van der Waals surface area contributed by atoms with Crippen LogP contribution < -0.4 is 19.1 Å². The third kappa shape index (κ3) is 6.43. The third-order valence-corrected chi connectivity index (χ3v) is 7.24. The first-order chi connectivity index (χ1) is 15.8. The van der Waals surface area contributed by atoms with E-state index in [1.54, 1.807) is 48.2 Å². The van der Waals surface area contributed by atoms with E-state index in [4.69, 9.17) is 9.47 Å². The summed E-state index contributed by atoms with van der Waals surface area (Å²) in [7, 11) is -2.25. The molecule has 1 amide bonds. The quantitative estimate of drug-likeness (QED) is 0.420. The maximum Gasteiger partial charge on any atom is 0.264 e. The van der Waals surface area contributed by atoms with Crippen molar-refractivity contribution in [2.45, 2.75) is 16.7 Å². The second-order valence-corrected chi connectivity index (χ2v) is 9.79. The van der Waals surface area contributed by atoms with Gasteiger partial charge in [0, 0.05) is 17.6 Å². The Bertz CT molecular complexity index is 1180. The highest BCUT2D eigenvalue weighted by molar-refractivity contribution is 7.98. The molecule has 7 nitrogen and oxygen atoms in total. The summed E-state index contributed by atoms with van der Waals surface area (Å²) >= 11 is 1.59. The summed E-state index contributed by atoms with van der Waals surface area (Å²) in [6.45, 7) is 2.21. The molecule has 33 heavy (non-hydrogen) atoms. The Morgan fingerprint density at radius 1 is 0.970 bits per heavy atom. The van der Waals surface area contributed by atoms with E-state index in [9.17, 15) is 13.2 Å². The molecule has 3 aromatic carbocycles. The maximum absolute atomic E-state index is 12.9. The molecule has 174 valence electrons. The second kappa shape index (κ2) is 11.1. The third-order valence-electron chi connectivity index (χ3n) is 4.72. The molecule has 0 aliphatic carbocycles. The summed E-state index contributed by atoms with van der Waals surface area (Å²) in [5.74, 6) is 0.785. The van der Waals surface area contributed by atoms with Gasteiger partial charge in [-0.3, -0.25) is 9.10 Å². The molecular weight excluding hydrogens is 460 g/mol. The summed E-state index contributed by atoms with van der Waals surface area (Å²) < 4.78 is 37.9. The van der Waals surface area contributed by atoms with E-state index < -0.39 is 10.0 Å². The molecule has 3 rings (SSSR count). The van der Waals surface area contributed by atoms with Gasteiger partial charge in [-0.25, -0.2) is 8.42 Å². The molecule has 0 aliphatic heterocycles. The first-order valence-corrected chi connectivity index (χ1v) is 12.9. The number of anilines is 2. The number of ether oxygens (including phenoxy) is 2. The maximum atomic E-state index is 12.9. The van der Waals surface area contributed by atoms with E-state index in [0.29, 0.717) is 29.5 Å². The molecule has 3 aromatic rings. The molecule has 1 N–H and O–H groups in total. The van der Waals surface area contributed by atoms with Crippen LogP contribution in [-0.2, 0) is 14.8 Å². The molecule has 0 bridgehead atoms. The minimum Gasteiger partial charge on any atom is -0.494 e. The molecule has 0 fully saturated rings. The molecular formula is C24H26N2O5S2. The number of rotatable bonds is 10. The van der Waals surface area contributed by atoms with Crippen LogP contribution in [0.2, 0.25) is 0 Å². The average Bonchev–Trinajstić information content (AvgIpc) is 2.83. The number of amides is 1. The minimum absolute atomic E-state index is 0.163. The largest absolute Gasteiger partial charge is 0.494 e. The van der Waals surface area contributed by atoms with Crippen LogP contribution in [0, 0.1) is 0 Å². The van der Waals surface area contributed by atoms with Gasteiger partial charge in [-0.05, 0) is 79.9 Å². The van der Waals surface area contributed by atoms with Crippen molar-refractivity contribution in [1.82, 2.24) is 0 Å². The number of carbonyl (C=O) groups excluding carboxylic acids is 1. The SMILES string of the molecule is CCOc1ccc(S(=O)(=O)N(C)c2ccc(OCC(=O)Nc3cccc(SC)c3)cc2)cc1. The van der Waals surface area contributed by atoms with Gasteiger partial charge in [0.15, 0.2) is 6.61 Å². The van der Waals surface area contributed by atoms with E-state index >= 15 is 0 Å². The number of carbonyl (C=O) groups is 1. The summed E-state index contributed by atoms with van der Waals surface area (Å²) in [6.07, 6.45) is 1.97. The van der Waals surface area contributed by atoms with Crippen molar-refractivity contribution in [1.29, 1.82) is 0 Å². The molecule has 0 saturated heterocycles. The molecule has 9 heteroatoms. The number of hydrogen-bond donors (Lipinski definition) is 1. The average molecular weight is 487 g/mol. The van der Waals surface area contributed by atoms with Crippen molar-refractivity contribution in [2.24, 2.45) is 0 Å². The van der Waals surface area contributed by atoms with Crippen LogP contribution >= 0.6 is 11.8 Å². The Balaban J connectivity index is 1.60. The number of hydrogen-bond acceptors (Lipinski definition) is 6. The van der Waals surface area contributed by atoms with Crippen molar-refractivity contribution in [3.8, 4) is 11.5 Å². The lowest BCUT2D eigenvalue weighted by atomic mass is 10.3. The number of nitrogens with zero attached hydrogens (tertiary/aromatic N) is 1. The Labute approximate surface area is 198 Å². The highest BCUT2D eigenvalue weighted by atomic mass is 32.2. The lowest BCUT2D eigenvalue weighted by molar-refractivity contribution is -0.118. The molecule has 0 aliphatic rings. The zero-order chi connectivity index (χ0) is 23.8. The number of nitrogens with one attached hydrogen (secondary N) is 1. The number of benzene rings is 3. The fraction of sp³-hybridized carbons (Fsp3) is 0.208. The predicted octanol–water partition coefficient (Wildman–Crippen LogP) is 4.65. The van der Waals surface area contributed by atoms with Crippen LogP contribution in [-0.4, -0.2) is 40.8 Å². The fourth-order valence-corrected chi connectivity index (χ4v) is 4.63. The molecule has 0 aromatic heterocycles.